The van der Waals surface area contributed by atoms with E-state index >= 15 is 0 Å². The standard InChI is InChI=1S/C13H11BrClNO2S/c14-11-6-7-13(12(15)8-11)19(17,18)16-9-10-4-2-1-3-5-10/h1-8,16H,9H2. The highest BCUT2D eigenvalue weighted by Crippen LogP contribution is 2.25. The molecular formula is C13H11BrClNO2S. The van der Waals surface area contributed by atoms with E-state index < -0.39 is 10.0 Å². The number of hydrogen-bond donors (Lipinski definition) is 1. The van der Waals surface area contributed by atoms with Gasteiger partial charge >= 0.3 is 0 Å². The number of hydrogen-bond acceptors (Lipinski definition) is 2. The second kappa shape index (κ2) is 6.05. The zero-order chi connectivity index (χ0) is 13.9. The summed E-state index contributed by atoms with van der Waals surface area (Å²) in [7, 11) is -3.61. The van der Waals surface area contributed by atoms with Gasteiger partial charge in [0.2, 0.25) is 10.0 Å². The molecule has 0 bridgehead atoms. The topological polar surface area (TPSA) is 46.2 Å². The molecule has 0 radical (unpaired) electrons. The van der Waals surface area contributed by atoms with Crippen LogP contribution in [-0.4, -0.2) is 8.42 Å². The molecule has 6 heteroatoms. The molecule has 0 fully saturated rings. The zero-order valence-electron chi connectivity index (χ0n) is 9.81. The van der Waals surface area contributed by atoms with Crippen LogP contribution < -0.4 is 4.72 Å². The van der Waals surface area contributed by atoms with Crippen molar-refractivity contribution in [1.29, 1.82) is 0 Å². The van der Waals surface area contributed by atoms with E-state index in [1.165, 1.54) is 6.07 Å². The third kappa shape index (κ3) is 3.79. The number of nitrogens with one attached hydrogen (secondary N) is 1. The summed E-state index contributed by atoms with van der Waals surface area (Å²) in [6.07, 6.45) is 0. The Morgan fingerprint density at radius 3 is 2.42 bits per heavy atom. The maximum absolute atomic E-state index is 12.1. The van der Waals surface area contributed by atoms with Crippen molar-refractivity contribution in [2.75, 3.05) is 0 Å². The van der Waals surface area contributed by atoms with E-state index in [2.05, 4.69) is 20.7 Å². The number of rotatable bonds is 4. The van der Waals surface area contributed by atoms with E-state index in [4.69, 9.17) is 11.6 Å². The van der Waals surface area contributed by atoms with E-state index in [9.17, 15) is 8.42 Å². The van der Waals surface area contributed by atoms with Crippen molar-refractivity contribution < 1.29 is 8.42 Å². The summed E-state index contributed by atoms with van der Waals surface area (Å²) in [5.74, 6) is 0. The number of benzene rings is 2. The third-order valence-corrected chi connectivity index (χ3v) is 4.87. The Kier molecular flexibility index (Phi) is 4.62. The van der Waals surface area contributed by atoms with E-state index in [1.54, 1.807) is 12.1 Å². The minimum atomic E-state index is -3.61. The van der Waals surface area contributed by atoms with Crippen LogP contribution >= 0.6 is 27.5 Å². The van der Waals surface area contributed by atoms with Gasteiger partial charge in [-0.1, -0.05) is 57.9 Å². The molecule has 0 aliphatic heterocycles. The van der Waals surface area contributed by atoms with Crippen molar-refractivity contribution in [2.24, 2.45) is 0 Å². The molecule has 2 aromatic carbocycles. The highest BCUT2D eigenvalue weighted by molar-refractivity contribution is 9.10. The largest absolute Gasteiger partial charge is 0.242 e. The molecule has 0 amide bonds. The van der Waals surface area contributed by atoms with Crippen LogP contribution in [0.4, 0.5) is 0 Å². The maximum Gasteiger partial charge on any atom is 0.242 e. The molecule has 0 unspecified atom stereocenters. The van der Waals surface area contributed by atoms with Crippen LogP contribution in [0.15, 0.2) is 57.9 Å². The molecule has 100 valence electrons. The summed E-state index contributed by atoms with van der Waals surface area (Å²) in [5.41, 5.74) is 0.888. The van der Waals surface area contributed by atoms with Crippen LogP contribution in [0.25, 0.3) is 0 Å². The Morgan fingerprint density at radius 1 is 1.11 bits per heavy atom. The fourth-order valence-electron chi connectivity index (χ4n) is 1.55. The van der Waals surface area contributed by atoms with E-state index in [1.807, 2.05) is 30.3 Å². The van der Waals surface area contributed by atoms with Crippen LogP contribution in [-0.2, 0) is 16.6 Å². The zero-order valence-corrected chi connectivity index (χ0v) is 13.0. The summed E-state index contributed by atoms with van der Waals surface area (Å²) in [6.45, 7) is 0.232. The first kappa shape index (κ1) is 14.5. The second-order valence-corrected chi connectivity index (χ2v) is 6.94. The molecule has 2 aromatic rings. The molecule has 0 spiro atoms. The normalized spacial score (nSPS) is 11.5. The van der Waals surface area contributed by atoms with Gasteiger partial charge in [-0.25, -0.2) is 13.1 Å². The highest BCUT2D eigenvalue weighted by Gasteiger charge is 2.17. The minimum Gasteiger partial charge on any atom is -0.207 e. The van der Waals surface area contributed by atoms with E-state index in [0.29, 0.717) is 0 Å². The second-order valence-electron chi connectivity index (χ2n) is 3.88. The summed E-state index contributed by atoms with van der Waals surface area (Å²) in [5, 5.41) is 0.190. The molecule has 3 nitrogen and oxygen atoms in total. The monoisotopic (exact) mass is 359 g/mol. The van der Waals surface area contributed by atoms with Crippen LogP contribution in [0.2, 0.25) is 5.02 Å². The first-order valence-corrected chi connectivity index (χ1v) is 8.13. The van der Waals surface area contributed by atoms with Gasteiger partial charge in [0.05, 0.1) is 5.02 Å². The van der Waals surface area contributed by atoms with Crippen molar-refractivity contribution in [2.45, 2.75) is 11.4 Å². The summed E-state index contributed by atoms with van der Waals surface area (Å²) < 4.78 is 27.5. The molecule has 2 rings (SSSR count). The van der Waals surface area contributed by atoms with Gasteiger partial charge in [0.15, 0.2) is 0 Å². The molecule has 0 saturated carbocycles. The van der Waals surface area contributed by atoms with Crippen molar-refractivity contribution >= 4 is 37.6 Å². The van der Waals surface area contributed by atoms with Gasteiger partial charge in [-0.3, -0.25) is 0 Å². The summed E-state index contributed by atoms with van der Waals surface area (Å²) in [6, 6.07) is 14.0. The summed E-state index contributed by atoms with van der Waals surface area (Å²) in [4.78, 5) is 0.0771. The predicted octanol–water partition coefficient (Wildman–Crippen LogP) is 3.58. The molecule has 0 aromatic heterocycles. The number of sulfonamides is 1. The maximum atomic E-state index is 12.1. The highest BCUT2D eigenvalue weighted by atomic mass is 79.9. The Morgan fingerprint density at radius 2 is 1.79 bits per heavy atom. The fourth-order valence-corrected chi connectivity index (χ4v) is 3.60. The van der Waals surface area contributed by atoms with E-state index in [0.717, 1.165) is 10.0 Å². The van der Waals surface area contributed by atoms with E-state index in [-0.39, 0.29) is 16.5 Å². The molecular weight excluding hydrogens is 350 g/mol. The van der Waals surface area contributed by atoms with Gasteiger partial charge < -0.3 is 0 Å². The molecule has 0 saturated heterocycles. The minimum absolute atomic E-state index is 0.0771. The van der Waals surface area contributed by atoms with Gasteiger partial charge in [-0.05, 0) is 23.8 Å². The first-order chi connectivity index (χ1) is 8.99. The first-order valence-electron chi connectivity index (χ1n) is 5.48. The molecule has 0 aliphatic rings. The molecule has 0 atom stereocenters. The van der Waals surface area contributed by atoms with Gasteiger partial charge in [-0.2, -0.15) is 0 Å². The molecule has 0 heterocycles. The quantitative estimate of drug-likeness (QED) is 0.906. The average Bonchev–Trinajstić information content (AvgIpc) is 2.37. The average molecular weight is 361 g/mol. The number of halogens is 2. The van der Waals surface area contributed by atoms with Crippen LogP contribution in [0.5, 0.6) is 0 Å². The SMILES string of the molecule is O=S(=O)(NCc1ccccc1)c1ccc(Br)cc1Cl. The fraction of sp³-hybridized carbons (Fsp3) is 0.0769. The van der Waals surface area contributed by atoms with Crippen LogP contribution in [0.3, 0.4) is 0 Å². The van der Waals surface area contributed by atoms with Crippen LogP contribution in [0.1, 0.15) is 5.56 Å². The lowest BCUT2D eigenvalue weighted by Gasteiger charge is -2.08. The molecule has 0 aliphatic carbocycles. The van der Waals surface area contributed by atoms with Crippen molar-refractivity contribution in [3.63, 3.8) is 0 Å². The predicted molar refractivity (Wildman–Crippen MR) is 79.6 cm³/mol. The Labute approximate surface area is 125 Å². The van der Waals surface area contributed by atoms with Crippen molar-refractivity contribution in [3.8, 4) is 0 Å². The smallest absolute Gasteiger partial charge is 0.207 e. The van der Waals surface area contributed by atoms with Gasteiger partial charge in [-0.15, -0.1) is 0 Å². The Balaban J connectivity index is 2.19. The van der Waals surface area contributed by atoms with Gasteiger partial charge in [0.25, 0.3) is 0 Å². The van der Waals surface area contributed by atoms with Crippen molar-refractivity contribution in [1.82, 2.24) is 4.72 Å². The lowest BCUT2D eigenvalue weighted by molar-refractivity contribution is 0.581. The van der Waals surface area contributed by atoms with Gasteiger partial charge in [0.1, 0.15) is 4.90 Å². The third-order valence-electron chi connectivity index (χ3n) is 2.49. The molecule has 19 heavy (non-hydrogen) atoms. The van der Waals surface area contributed by atoms with Gasteiger partial charge in [0, 0.05) is 11.0 Å². The summed E-state index contributed by atoms with van der Waals surface area (Å²) >= 11 is 9.19. The van der Waals surface area contributed by atoms with Crippen molar-refractivity contribution in [3.05, 3.63) is 63.6 Å². The van der Waals surface area contributed by atoms with Crippen LogP contribution in [0, 0.1) is 0 Å². The molecule has 1 N–H and O–H groups in total. The lowest BCUT2D eigenvalue weighted by Crippen LogP contribution is -2.23. The Bertz CT molecular complexity index is 674. The lowest BCUT2D eigenvalue weighted by atomic mass is 10.2. The Hall–Kier alpha value is -0.880.